The maximum atomic E-state index is 5.73. The zero-order valence-corrected chi connectivity index (χ0v) is 10.4. The van der Waals surface area contributed by atoms with Crippen LogP contribution in [0.25, 0.3) is 0 Å². The van der Waals surface area contributed by atoms with Crippen LogP contribution >= 0.6 is 0 Å². The van der Waals surface area contributed by atoms with E-state index in [1.807, 2.05) is 0 Å². The third-order valence-corrected chi connectivity index (χ3v) is 3.20. The zero-order chi connectivity index (χ0) is 11.1. The molecule has 1 saturated heterocycles. The van der Waals surface area contributed by atoms with Gasteiger partial charge in [0, 0.05) is 19.1 Å². The molecule has 3 nitrogen and oxygen atoms in total. The molecule has 1 heterocycles. The van der Waals surface area contributed by atoms with Gasteiger partial charge in [-0.3, -0.25) is 0 Å². The molecule has 0 bridgehead atoms. The van der Waals surface area contributed by atoms with Gasteiger partial charge in [0.15, 0.2) is 0 Å². The summed E-state index contributed by atoms with van der Waals surface area (Å²) in [5.74, 6) is 0. The quantitative estimate of drug-likeness (QED) is 0.695. The van der Waals surface area contributed by atoms with Gasteiger partial charge in [0.1, 0.15) is 0 Å². The highest BCUT2D eigenvalue weighted by molar-refractivity contribution is 4.67. The van der Waals surface area contributed by atoms with Crippen molar-refractivity contribution in [3.8, 4) is 0 Å². The molecule has 3 heteroatoms. The SMILES string of the molecule is CC(N)CCCCN1CCCN(C)CC1. The highest BCUT2D eigenvalue weighted by Gasteiger charge is 2.10. The normalized spacial score (nSPS) is 22.6. The average molecular weight is 213 g/mol. The van der Waals surface area contributed by atoms with Crippen molar-refractivity contribution in [2.45, 2.75) is 38.6 Å². The lowest BCUT2D eigenvalue weighted by Crippen LogP contribution is -2.29. The summed E-state index contributed by atoms with van der Waals surface area (Å²) in [4.78, 5) is 5.03. The Morgan fingerprint density at radius 1 is 1.13 bits per heavy atom. The van der Waals surface area contributed by atoms with Crippen LogP contribution in [-0.2, 0) is 0 Å². The van der Waals surface area contributed by atoms with E-state index in [9.17, 15) is 0 Å². The Balaban J connectivity index is 2.05. The van der Waals surface area contributed by atoms with E-state index >= 15 is 0 Å². The van der Waals surface area contributed by atoms with Crippen LogP contribution in [-0.4, -0.2) is 55.6 Å². The number of rotatable bonds is 5. The Morgan fingerprint density at radius 2 is 1.93 bits per heavy atom. The fraction of sp³-hybridized carbons (Fsp3) is 1.00. The zero-order valence-electron chi connectivity index (χ0n) is 10.4. The summed E-state index contributed by atoms with van der Waals surface area (Å²) in [6.45, 7) is 8.38. The molecule has 1 rings (SSSR count). The maximum Gasteiger partial charge on any atom is 0.0109 e. The van der Waals surface area contributed by atoms with Gasteiger partial charge in [-0.25, -0.2) is 0 Å². The van der Waals surface area contributed by atoms with E-state index in [-0.39, 0.29) is 0 Å². The van der Waals surface area contributed by atoms with Crippen LogP contribution in [0.5, 0.6) is 0 Å². The van der Waals surface area contributed by atoms with E-state index < -0.39 is 0 Å². The van der Waals surface area contributed by atoms with Crippen LogP contribution in [0.4, 0.5) is 0 Å². The van der Waals surface area contributed by atoms with Gasteiger partial charge in [0.2, 0.25) is 0 Å². The molecule has 0 saturated carbocycles. The van der Waals surface area contributed by atoms with Gasteiger partial charge in [0.05, 0.1) is 0 Å². The molecule has 0 aromatic heterocycles. The van der Waals surface area contributed by atoms with E-state index in [2.05, 4.69) is 23.8 Å². The van der Waals surface area contributed by atoms with E-state index in [0.717, 1.165) is 0 Å². The van der Waals surface area contributed by atoms with Crippen LogP contribution in [0.15, 0.2) is 0 Å². The third kappa shape index (κ3) is 6.13. The fourth-order valence-electron chi connectivity index (χ4n) is 2.13. The minimum atomic E-state index is 0.375. The summed E-state index contributed by atoms with van der Waals surface area (Å²) in [5, 5.41) is 0. The van der Waals surface area contributed by atoms with E-state index in [1.54, 1.807) is 0 Å². The van der Waals surface area contributed by atoms with Crippen molar-refractivity contribution < 1.29 is 0 Å². The minimum Gasteiger partial charge on any atom is -0.328 e. The van der Waals surface area contributed by atoms with Gasteiger partial charge in [-0.2, -0.15) is 0 Å². The van der Waals surface area contributed by atoms with Crippen LogP contribution in [0.2, 0.25) is 0 Å². The van der Waals surface area contributed by atoms with Crippen molar-refractivity contribution in [1.29, 1.82) is 0 Å². The molecule has 1 fully saturated rings. The summed E-state index contributed by atoms with van der Waals surface area (Å²) in [6, 6.07) is 0.375. The van der Waals surface area contributed by atoms with Crippen LogP contribution in [0.1, 0.15) is 32.6 Å². The largest absolute Gasteiger partial charge is 0.328 e. The van der Waals surface area contributed by atoms with Crippen molar-refractivity contribution in [3.63, 3.8) is 0 Å². The molecule has 1 aliphatic heterocycles. The molecule has 0 spiro atoms. The molecule has 0 radical (unpaired) electrons. The summed E-state index contributed by atoms with van der Waals surface area (Å²) in [6.07, 6.45) is 5.09. The number of unbranched alkanes of at least 4 members (excludes halogenated alkanes) is 1. The van der Waals surface area contributed by atoms with E-state index in [0.29, 0.717) is 6.04 Å². The van der Waals surface area contributed by atoms with Gasteiger partial charge in [0.25, 0.3) is 0 Å². The van der Waals surface area contributed by atoms with Gasteiger partial charge in [-0.05, 0) is 52.9 Å². The minimum absolute atomic E-state index is 0.375. The second-order valence-corrected chi connectivity index (χ2v) is 4.97. The van der Waals surface area contributed by atoms with Crippen LogP contribution in [0.3, 0.4) is 0 Å². The predicted molar refractivity (Wildman–Crippen MR) is 66.1 cm³/mol. The van der Waals surface area contributed by atoms with Crippen molar-refractivity contribution in [3.05, 3.63) is 0 Å². The number of nitrogens with two attached hydrogens (primary N) is 1. The Bertz CT molecular complexity index is 159. The predicted octanol–water partition coefficient (Wildman–Crippen LogP) is 1.14. The first kappa shape index (κ1) is 12.9. The van der Waals surface area contributed by atoms with E-state index in [1.165, 1.54) is 58.4 Å². The molecule has 2 N–H and O–H groups in total. The second-order valence-electron chi connectivity index (χ2n) is 4.97. The van der Waals surface area contributed by atoms with Crippen LogP contribution in [0, 0.1) is 0 Å². The van der Waals surface area contributed by atoms with Crippen LogP contribution < -0.4 is 5.73 Å². The molecular weight excluding hydrogens is 186 g/mol. The molecule has 1 aliphatic rings. The summed E-state index contributed by atoms with van der Waals surface area (Å²) in [5.41, 5.74) is 5.73. The number of hydrogen-bond donors (Lipinski definition) is 1. The molecule has 1 atom stereocenters. The molecular formula is C12H27N3. The second kappa shape index (κ2) is 7.20. The lowest BCUT2D eigenvalue weighted by molar-refractivity contribution is 0.270. The Morgan fingerprint density at radius 3 is 2.67 bits per heavy atom. The Labute approximate surface area is 94.6 Å². The lowest BCUT2D eigenvalue weighted by Gasteiger charge is -2.20. The Kier molecular flexibility index (Phi) is 6.22. The summed E-state index contributed by atoms with van der Waals surface area (Å²) in [7, 11) is 2.22. The van der Waals surface area contributed by atoms with Crippen molar-refractivity contribution in [1.82, 2.24) is 9.80 Å². The maximum absolute atomic E-state index is 5.73. The molecule has 0 amide bonds. The fourth-order valence-corrected chi connectivity index (χ4v) is 2.13. The van der Waals surface area contributed by atoms with Crippen molar-refractivity contribution in [2.75, 3.05) is 39.8 Å². The number of likely N-dealkylation sites (N-methyl/N-ethyl adjacent to an activating group) is 1. The highest BCUT2D eigenvalue weighted by atomic mass is 15.2. The highest BCUT2D eigenvalue weighted by Crippen LogP contribution is 2.05. The summed E-state index contributed by atoms with van der Waals surface area (Å²) >= 11 is 0. The standard InChI is InChI=1S/C12H27N3/c1-12(13)6-3-4-8-15-9-5-7-14(2)10-11-15/h12H,3-11,13H2,1-2H3. The monoisotopic (exact) mass is 213 g/mol. The Hall–Kier alpha value is -0.120. The molecule has 0 aliphatic carbocycles. The first-order chi connectivity index (χ1) is 7.18. The van der Waals surface area contributed by atoms with Crippen molar-refractivity contribution >= 4 is 0 Å². The van der Waals surface area contributed by atoms with Crippen molar-refractivity contribution in [2.24, 2.45) is 5.73 Å². The topological polar surface area (TPSA) is 32.5 Å². The third-order valence-electron chi connectivity index (χ3n) is 3.20. The average Bonchev–Trinajstić information content (AvgIpc) is 2.38. The first-order valence-electron chi connectivity index (χ1n) is 6.35. The van der Waals surface area contributed by atoms with E-state index in [4.69, 9.17) is 5.73 Å². The van der Waals surface area contributed by atoms with Gasteiger partial charge >= 0.3 is 0 Å². The first-order valence-corrected chi connectivity index (χ1v) is 6.35. The smallest absolute Gasteiger partial charge is 0.0109 e. The molecule has 1 unspecified atom stereocenters. The van der Waals surface area contributed by atoms with Gasteiger partial charge in [-0.1, -0.05) is 6.42 Å². The molecule has 15 heavy (non-hydrogen) atoms. The number of hydrogen-bond acceptors (Lipinski definition) is 3. The molecule has 0 aromatic rings. The number of nitrogens with zero attached hydrogens (tertiary/aromatic N) is 2. The lowest BCUT2D eigenvalue weighted by atomic mass is 10.1. The van der Waals surface area contributed by atoms with Gasteiger partial charge in [-0.15, -0.1) is 0 Å². The molecule has 90 valence electrons. The molecule has 0 aromatic carbocycles. The summed E-state index contributed by atoms with van der Waals surface area (Å²) < 4.78 is 0. The van der Waals surface area contributed by atoms with Gasteiger partial charge < -0.3 is 15.5 Å².